The van der Waals surface area contributed by atoms with Gasteiger partial charge in [-0.3, -0.25) is 19.3 Å². The van der Waals surface area contributed by atoms with E-state index in [0.29, 0.717) is 48.8 Å². The van der Waals surface area contributed by atoms with E-state index in [4.69, 9.17) is 4.52 Å². The van der Waals surface area contributed by atoms with Gasteiger partial charge < -0.3 is 14.7 Å². The van der Waals surface area contributed by atoms with Crippen LogP contribution in [0.5, 0.6) is 0 Å². The summed E-state index contributed by atoms with van der Waals surface area (Å²) in [7, 11) is 1.92. The summed E-state index contributed by atoms with van der Waals surface area (Å²) < 4.78 is 7.04. The smallest absolute Gasteiger partial charge is 0.269 e. The lowest BCUT2D eigenvalue weighted by Crippen LogP contribution is -2.37. The van der Waals surface area contributed by atoms with E-state index in [2.05, 4.69) is 20.6 Å². The molecule has 1 aliphatic heterocycles. The van der Waals surface area contributed by atoms with E-state index in [9.17, 15) is 9.59 Å². The van der Waals surface area contributed by atoms with Crippen LogP contribution in [0.1, 0.15) is 49.3 Å². The van der Waals surface area contributed by atoms with Gasteiger partial charge in [0.25, 0.3) is 11.8 Å². The summed E-state index contributed by atoms with van der Waals surface area (Å²) in [6.45, 7) is 5.07. The molecule has 0 atom stereocenters. The highest BCUT2D eigenvalue weighted by molar-refractivity contribution is 5.96. The summed E-state index contributed by atoms with van der Waals surface area (Å²) >= 11 is 0. The van der Waals surface area contributed by atoms with Crippen LogP contribution in [0, 0.1) is 13.8 Å². The quantitative estimate of drug-likeness (QED) is 0.687. The first-order valence-electron chi connectivity index (χ1n) is 9.90. The topological polar surface area (TPSA) is 106 Å². The van der Waals surface area contributed by atoms with Crippen molar-refractivity contribution in [3.8, 4) is 0 Å². The fraction of sp³-hybridized carbons (Fsp3) is 0.381. The molecule has 0 unspecified atom stereocenters. The van der Waals surface area contributed by atoms with Crippen LogP contribution >= 0.6 is 0 Å². The highest BCUT2D eigenvalue weighted by Gasteiger charge is 2.30. The Hall–Kier alpha value is -3.49. The van der Waals surface area contributed by atoms with Gasteiger partial charge in [0.05, 0.1) is 11.4 Å². The monoisotopic (exact) mass is 408 g/mol. The molecule has 9 heteroatoms. The molecule has 30 heavy (non-hydrogen) atoms. The molecule has 9 nitrogen and oxygen atoms in total. The number of carbonyl (C=O) groups is 2. The Morgan fingerprint density at radius 1 is 1.27 bits per heavy atom. The highest BCUT2D eigenvalue weighted by Crippen LogP contribution is 2.25. The normalized spacial score (nSPS) is 13.2. The molecule has 0 aliphatic carbocycles. The lowest BCUT2D eigenvalue weighted by atomic mass is 10.0. The van der Waals surface area contributed by atoms with Crippen molar-refractivity contribution in [2.45, 2.75) is 33.2 Å². The molecule has 0 fully saturated rings. The maximum atomic E-state index is 13.0. The van der Waals surface area contributed by atoms with E-state index in [-0.39, 0.29) is 11.8 Å². The number of hydrogen-bond donors (Lipinski definition) is 1. The van der Waals surface area contributed by atoms with Gasteiger partial charge in [0, 0.05) is 57.0 Å². The Bertz CT molecular complexity index is 1070. The minimum atomic E-state index is -0.212. The SMILES string of the molecule is Cc1noc(C)c1C(=O)N1CCc2c(c(CCNC(=O)c3ccccn3)nn2C)C1. The first-order chi connectivity index (χ1) is 14.5. The molecule has 0 saturated carbocycles. The highest BCUT2D eigenvalue weighted by atomic mass is 16.5. The van der Waals surface area contributed by atoms with E-state index < -0.39 is 0 Å². The van der Waals surface area contributed by atoms with Crippen LogP contribution < -0.4 is 5.32 Å². The first-order valence-corrected chi connectivity index (χ1v) is 9.90. The van der Waals surface area contributed by atoms with E-state index in [1.54, 1.807) is 38.2 Å². The molecule has 0 aromatic carbocycles. The van der Waals surface area contributed by atoms with Crippen molar-refractivity contribution < 1.29 is 14.1 Å². The molecule has 2 amide bonds. The maximum absolute atomic E-state index is 13.0. The zero-order valence-electron chi connectivity index (χ0n) is 17.3. The molecule has 1 aliphatic rings. The number of aromatic nitrogens is 4. The Labute approximate surface area is 174 Å². The minimum Gasteiger partial charge on any atom is -0.361 e. The van der Waals surface area contributed by atoms with Gasteiger partial charge in [0.1, 0.15) is 17.0 Å². The molecule has 3 aromatic heterocycles. The van der Waals surface area contributed by atoms with Crippen LogP contribution in [0.4, 0.5) is 0 Å². The number of nitrogens with one attached hydrogen (secondary N) is 1. The van der Waals surface area contributed by atoms with Gasteiger partial charge in [-0.1, -0.05) is 11.2 Å². The Morgan fingerprint density at radius 2 is 2.10 bits per heavy atom. The number of pyridine rings is 1. The summed E-state index contributed by atoms with van der Waals surface area (Å²) in [6.07, 6.45) is 2.90. The Kier molecular flexibility index (Phi) is 5.35. The summed E-state index contributed by atoms with van der Waals surface area (Å²) in [5.41, 5.74) is 4.60. The molecule has 0 bridgehead atoms. The van der Waals surface area contributed by atoms with E-state index >= 15 is 0 Å². The number of fused-ring (bicyclic) bond motifs is 1. The van der Waals surface area contributed by atoms with Gasteiger partial charge in [-0.15, -0.1) is 0 Å². The summed E-state index contributed by atoms with van der Waals surface area (Å²) in [5.74, 6) is 0.248. The van der Waals surface area contributed by atoms with E-state index in [1.807, 2.05) is 16.6 Å². The third kappa shape index (κ3) is 3.70. The maximum Gasteiger partial charge on any atom is 0.269 e. The van der Waals surface area contributed by atoms with Crippen LogP contribution in [0.15, 0.2) is 28.9 Å². The number of nitrogens with zero attached hydrogens (tertiary/aromatic N) is 5. The predicted molar refractivity (Wildman–Crippen MR) is 108 cm³/mol. The second kappa shape index (κ2) is 8.10. The van der Waals surface area contributed by atoms with Crippen LogP contribution in [0.3, 0.4) is 0 Å². The molecule has 0 saturated heterocycles. The summed E-state index contributed by atoms with van der Waals surface area (Å²) in [5, 5.41) is 11.4. The van der Waals surface area contributed by atoms with Gasteiger partial charge in [0.15, 0.2) is 0 Å². The van der Waals surface area contributed by atoms with E-state index in [1.165, 1.54) is 0 Å². The second-order valence-electron chi connectivity index (χ2n) is 7.39. The van der Waals surface area contributed by atoms with Gasteiger partial charge in [-0.25, -0.2) is 0 Å². The second-order valence-corrected chi connectivity index (χ2v) is 7.39. The van der Waals surface area contributed by atoms with Crippen molar-refractivity contribution in [1.29, 1.82) is 0 Å². The molecule has 4 heterocycles. The molecule has 0 spiro atoms. The van der Waals surface area contributed by atoms with Crippen LogP contribution in [0.25, 0.3) is 0 Å². The molecule has 1 N–H and O–H groups in total. The van der Waals surface area contributed by atoms with Crippen molar-refractivity contribution in [3.05, 3.63) is 64.1 Å². The molecular formula is C21H24N6O3. The van der Waals surface area contributed by atoms with Crippen LogP contribution in [-0.2, 0) is 26.4 Å². The molecule has 3 aromatic rings. The predicted octanol–water partition coefficient (Wildman–Crippen LogP) is 1.59. The van der Waals surface area contributed by atoms with E-state index in [0.717, 1.165) is 23.4 Å². The average Bonchev–Trinajstić information content (AvgIpc) is 3.26. The lowest BCUT2D eigenvalue weighted by molar-refractivity contribution is 0.0730. The zero-order valence-corrected chi connectivity index (χ0v) is 17.3. The van der Waals surface area contributed by atoms with Gasteiger partial charge in [0.2, 0.25) is 0 Å². The summed E-state index contributed by atoms with van der Waals surface area (Å²) in [4.78, 5) is 31.1. The van der Waals surface area contributed by atoms with Crippen molar-refractivity contribution in [3.63, 3.8) is 0 Å². The number of carbonyl (C=O) groups excluding carboxylic acids is 2. The van der Waals surface area contributed by atoms with Crippen LogP contribution in [0.2, 0.25) is 0 Å². The third-order valence-electron chi connectivity index (χ3n) is 5.40. The molecule has 0 radical (unpaired) electrons. The molecule has 156 valence electrons. The third-order valence-corrected chi connectivity index (χ3v) is 5.40. The average molecular weight is 408 g/mol. The fourth-order valence-electron chi connectivity index (χ4n) is 3.87. The van der Waals surface area contributed by atoms with Gasteiger partial charge >= 0.3 is 0 Å². The van der Waals surface area contributed by atoms with Crippen molar-refractivity contribution in [2.75, 3.05) is 13.1 Å². The number of hydrogen-bond acceptors (Lipinski definition) is 6. The Morgan fingerprint density at radius 3 is 2.80 bits per heavy atom. The molecule has 4 rings (SSSR count). The molecular weight excluding hydrogens is 384 g/mol. The fourth-order valence-corrected chi connectivity index (χ4v) is 3.87. The largest absolute Gasteiger partial charge is 0.361 e. The lowest BCUT2D eigenvalue weighted by Gasteiger charge is -2.27. The Balaban J connectivity index is 1.45. The van der Waals surface area contributed by atoms with Crippen LogP contribution in [-0.4, -0.2) is 49.7 Å². The number of aryl methyl sites for hydroxylation is 3. The standard InChI is InChI=1S/C21H24N6O3/c1-13-19(14(2)30-25-13)21(29)27-11-8-18-15(12-27)16(24-26(18)3)7-10-23-20(28)17-6-4-5-9-22-17/h4-6,9H,7-8,10-12H2,1-3H3,(H,23,28). The van der Waals surface area contributed by atoms with Crippen molar-refractivity contribution in [1.82, 2.24) is 30.1 Å². The first kappa shape index (κ1) is 19.8. The van der Waals surface area contributed by atoms with Gasteiger partial charge in [-0.05, 0) is 26.0 Å². The van der Waals surface area contributed by atoms with Crippen molar-refractivity contribution in [2.24, 2.45) is 7.05 Å². The number of rotatable bonds is 5. The summed E-state index contributed by atoms with van der Waals surface area (Å²) in [6, 6.07) is 5.23. The van der Waals surface area contributed by atoms with Crippen molar-refractivity contribution >= 4 is 11.8 Å². The van der Waals surface area contributed by atoms with Gasteiger partial charge in [-0.2, -0.15) is 5.10 Å². The number of amides is 2. The minimum absolute atomic E-state index is 0.0739. The zero-order chi connectivity index (χ0) is 21.3.